The molecule has 0 bridgehead atoms. The van der Waals surface area contributed by atoms with Crippen LogP contribution in [0.1, 0.15) is 46.0 Å². The maximum Gasteiger partial charge on any atom is 0.254 e. The Bertz CT molecular complexity index is 254. The predicted octanol–water partition coefficient (Wildman–Crippen LogP) is 2.94. The number of alkyl halides is 2. The average Bonchev–Trinajstić information content (AvgIpc) is 2.32. The van der Waals surface area contributed by atoms with Crippen LogP contribution >= 0.6 is 0 Å². The lowest BCUT2D eigenvalue weighted by atomic mass is 9.80. The predicted molar refractivity (Wildman–Crippen MR) is 52.2 cm³/mol. The van der Waals surface area contributed by atoms with Crippen molar-refractivity contribution in [3.8, 4) is 0 Å². The van der Waals surface area contributed by atoms with Gasteiger partial charge in [0.15, 0.2) is 0 Å². The summed E-state index contributed by atoms with van der Waals surface area (Å²) in [6.07, 6.45) is 3.64. The fourth-order valence-corrected chi connectivity index (χ4v) is 2.90. The molecule has 2 rings (SSSR count). The topological polar surface area (TPSA) is 26.0 Å². The van der Waals surface area contributed by atoms with Gasteiger partial charge < -0.3 is 5.73 Å². The number of hydrogen-bond acceptors (Lipinski definition) is 1. The Hall–Kier alpha value is -0.180. The number of halogens is 2. The van der Waals surface area contributed by atoms with Gasteiger partial charge in [0.25, 0.3) is 5.92 Å². The number of rotatable bonds is 2. The molecule has 0 aromatic heterocycles. The van der Waals surface area contributed by atoms with E-state index >= 15 is 0 Å². The Kier molecular flexibility index (Phi) is 1.98. The van der Waals surface area contributed by atoms with E-state index in [0.29, 0.717) is 12.3 Å². The summed E-state index contributed by atoms with van der Waals surface area (Å²) >= 11 is 0. The molecule has 2 aliphatic rings. The second kappa shape index (κ2) is 2.69. The molecule has 2 aliphatic carbocycles. The minimum atomic E-state index is -2.46. The van der Waals surface area contributed by atoms with Crippen molar-refractivity contribution < 1.29 is 8.78 Å². The van der Waals surface area contributed by atoms with Gasteiger partial charge in [-0.15, -0.1) is 0 Å². The van der Waals surface area contributed by atoms with Gasteiger partial charge in [-0.3, -0.25) is 0 Å². The standard InChI is InChI=1S/C11H19F2N/c1-8-4-3-5-10(8,14)6-9(2)7-11(9,12)13/h8H,3-7,14H2,1-2H3. The van der Waals surface area contributed by atoms with Gasteiger partial charge >= 0.3 is 0 Å². The van der Waals surface area contributed by atoms with E-state index in [9.17, 15) is 8.78 Å². The molecule has 0 spiro atoms. The van der Waals surface area contributed by atoms with E-state index in [-0.39, 0.29) is 12.0 Å². The van der Waals surface area contributed by atoms with E-state index in [0.717, 1.165) is 19.3 Å². The minimum absolute atomic E-state index is 0.0334. The maximum atomic E-state index is 13.1. The van der Waals surface area contributed by atoms with Crippen LogP contribution in [0.2, 0.25) is 0 Å². The minimum Gasteiger partial charge on any atom is -0.325 e. The van der Waals surface area contributed by atoms with Gasteiger partial charge in [0.05, 0.1) is 0 Å². The summed E-state index contributed by atoms with van der Waals surface area (Å²) < 4.78 is 26.2. The van der Waals surface area contributed by atoms with Gasteiger partial charge in [-0.2, -0.15) is 0 Å². The fraction of sp³-hybridized carbons (Fsp3) is 1.00. The lowest BCUT2D eigenvalue weighted by molar-refractivity contribution is 0.0540. The third-order valence-corrected chi connectivity index (χ3v) is 4.35. The molecule has 0 aromatic rings. The first-order valence-corrected chi connectivity index (χ1v) is 5.46. The van der Waals surface area contributed by atoms with Gasteiger partial charge in [-0.05, 0) is 25.2 Å². The second-order valence-electron chi connectivity index (χ2n) is 5.65. The molecular formula is C11H19F2N. The Labute approximate surface area is 84.0 Å². The van der Waals surface area contributed by atoms with E-state index in [4.69, 9.17) is 5.73 Å². The summed E-state index contributed by atoms with van der Waals surface area (Å²) in [4.78, 5) is 0. The fourth-order valence-electron chi connectivity index (χ4n) is 2.90. The van der Waals surface area contributed by atoms with E-state index in [1.54, 1.807) is 6.92 Å². The zero-order chi connectivity index (χ0) is 10.6. The van der Waals surface area contributed by atoms with Crippen LogP contribution in [0.3, 0.4) is 0 Å². The van der Waals surface area contributed by atoms with Gasteiger partial charge in [0.1, 0.15) is 0 Å². The highest BCUT2D eigenvalue weighted by Crippen LogP contribution is 2.64. The summed E-state index contributed by atoms with van der Waals surface area (Å²) in [6.45, 7) is 3.77. The molecule has 2 saturated carbocycles. The zero-order valence-electron chi connectivity index (χ0n) is 8.95. The molecule has 2 N–H and O–H groups in total. The van der Waals surface area contributed by atoms with Crippen molar-refractivity contribution in [2.24, 2.45) is 17.1 Å². The lowest BCUT2D eigenvalue weighted by Crippen LogP contribution is -2.44. The van der Waals surface area contributed by atoms with Gasteiger partial charge in [0.2, 0.25) is 0 Å². The van der Waals surface area contributed by atoms with Crippen molar-refractivity contribution in [3.63, 3.8) is 0 Å². The third-order valence-electron chi connectivity index (χ3n) is 4.35. The van der Waals surface area contributed by atoms with Gasteiger partial charge in [-0.1, -0.05) is 20.3 Å². The van der Waals surface area contributed by atoms with E-state index in [1.807, 2.05) is 0 Å². The molecule has 0 saturated heterocycles. The first kappa shape index (κ1) is 10.3. The summed E-state index contributed by atoms with van der Waals surface area (Å²) in [5, 5.41) is 0. The summed E-state index contributed by atoms with van der Waals surface area (Å²) in [5.41, 5.74) is 5.09. The molecular weight excluding hydrogens is 184 g/mol. The monoisotopic (exact) mass is 203 g/mol. The van der Waals surface area contributed by atoms with Gasteiger partial charge in [-0.25, -0.2) is 8.78 Å². The largest absolute Gasteiger partial charge is 0.325 e. The Morgan fingerprint density at radius 2 is 2.00 bits per heavy atom. The zero-order valence-corrected chi connectivity index (χ0v) is 8.95. The lowest BCUT2D eigenvalue weighted by Gasteiger charge is -2.32. The van der Waals surface area contributed by atoms with E-state index in [2.05, 4.69) is 6.92 Å². The first-order chi connectivity index (χ1) is 6.29. The average molecular weight is 203 g/mol. The second-order valence-corrected chi connectivity index (χ2v) is 5.65. The molecule has 2 fully saturated rings. The van der Waals surface area contributed by atoms with Gasteiger partial charge in [0, 0.05) is 17.4 Å². The molecule has 3 heteroatoms. The Morgan fingerprint density at radius 3 is 2.36 bits per heavy atom. The van der Waals surface area contributed by atoms with Crippen LogP contribution in [0.25, 0.3) is 0 Å². The van der Waals surface area contributed by atoms with Crippen LogP contribution in [0, 0.1) is 11.3 Å². The normalized spacial score (nSPS) is 50.8. The first-order valence-electron chi connectivity index (χ1n) is 5.46. The van der Waals surface area contributed by atoms with Crippen LogP contribution in [0.15, 0.2) is 0 Å². The van der Waals surface area contributed by atoms with E-state index in [1.165, 1.54) is 0 Å². The van der Waals surface area contributed by atoms with Crippen LogP contribution in [0.5, 0.6) is 0 Å². The smallest absolute Gasteiger partial charge is 0.254 e. The molecule has 3 unspecified atom stereocenters. The molecule has 14 heavy (non-hydrogen) atoms. The summed E-state index contributed by atoms with van der Waals surface area (Å²) in [6, 6.07) is 0. The summed E-state index contributed by atoms with van der Waals surface area (Å²) in [5.74, 6) is -2.06. The molecule has 0 radical (unpaired) electrons. The van der Waals surface area contributed by atoms with Crippen molar-refractivity contribution in [1.82, 2.24) is 0 Å². The van der Waals surface area contributed by atoms with Crippen molar-refractivity contribution in [2.75, 3.05) is 0 Å². The highest BCUT2D eigenvalue weighted by Gasteiger charge is 2.69. The van der Waals surface area contributed by atoms with Crippen molar-refractivity contribution in [2.45, 2.75) is 57.4 Å². The Morgan fingerprint density at radius 1 is 1.43 bits per heavy atom. The summed E-state index contributed by atoms with van der Waals surface area (Å²) in [7, 11) is 0. The quantitative estimate of drug-likeness (QED) is 0.733. The number of hydrogen-bond donors (Lipinski definition) is 1. The van der Waals surface area contributed by atoms with Crippen LogP contribution in [-0.4, -0.2) is 11.5 Å². The van der Waals surface area contributed by atoms with Crippen molar-refractivity contribution >= 4 is 0 Å². The molecule has 1 nitrogen and oxygen atoms in total. The SMILES string of the molecule is CC1CCCC1(N)CC1(C)CC1(F)F. The van der Waals surface area contributed by atoms with Crippen molar-refractivity contribution in [3.05, 3.63) is 0 Å². The molecule has 0 amide bonds. The van der Waals surface area contributed by atoms with Crippen LogP contribution in [-0.2, 0) is 0 Å². The molecule has 3 atom stereocenters. The highest BCUT2D eigenvalue weighted by atomic mass is 19.3. The van der Waals surface area contributed by atoms with Crippen molar-refractivity contribution in [1.29, 1.82) is 0 Å². The molecule has 82 valence electrons. The molecule has 0 aromatic carbocycles. The molecule has 0 heterocycles. The van der Waals surface area contributed by atoms with E-state index < -0.39 is 11.3 Å². The van der Waals surface area contributed by atoms with Crippen LogP contribution in [0.4, 0.5) is 8.78 Å². The maximum absolute atomic E-state index is 13.1. The third kappa shape index (κ3) is 1.37. The molecule has 0 aliphatic heterocycles. The number of nitrogens with two attached hydrogens (primary N) is 1. The Balaban J connectivity index is 2.05. The highest BCUT2D eigenvalue weighted by molar-refractivity contribution is 5.12. The van der Waals surface area contributed by atoms with Crippen LogP contribution < -0.4 is 5.73 Å².